The van der Waals surface area contributed by atoms with E-state index in [4.69, 9.17) is 0 Å². The van der Waals surface area contributed by atoms with Crippen LogP contribution in [0.3, 0.4) is 0 Å². The average Bonchev–Trinajstić information content (AvgIpc) is 3.49. The van der Waals surface area contributed by atoms with E-state index in [0.717, 1.165) is 0 Å². The number of nitro groups is 2. The summed E-state index contributed by atoms with van der Waals surface area (Å²) in [6.07, 6.45) is 2.47. The Morgan fingerprint density at radius 3 is 2.12 bits per heavy atom. The second kappa shape index (κ2) is 8.43. The minimum absolute atomic E-state index is 0.0345. The van der Waals surface area contributed by atoms with Gasteiger partial charge in [-0.2, -0.15) is 4.31 Å². The summed E-state index contributed by atoms with van der Waals surface area (Å²) in [6.45, 7) is -0.212. The van der Waals surface area contributed by atoms with Gasteiger partial charge in [-0.3, -0.25) is 20.2 Å². The Hall–Kier alpha value is -3.71. The molecule has 2 aromatic carbocycles. The molecule has 1 aliphatic rings. The number of nitrogens with zero attached hydrogens (tertiary/aromatic N) is 6. The molecule has 1 aliphatic carbocycles. The summed E-state index contributed by atoms with van der Waals surface area (Å²) in [7, 11) is -4.14. The highest BCUT2D eigenvalue weighted by Crippen LogP contribution is 2.34. The number of aromatic nitrogens is 3. The fourth-order valence-corrected chi connectivity index (χ4v) is 4.85. The molecule has 0 N–H and O–H groups in total. The molecule has 13 heteroatoms. The lowest BCUT2D eigenvalue weighted by atomic mass is 10.2. The summed E-state index contributed by atoms with van der Waals surface area (Å²) >= 11 is 0. The molecule has 4 rings (SSSR count). The third-order valence-corrected chi connectivity index (χ3v) is 6.74. The average molecular weight is 458 g/mol. The molecule has 32 heavy (non-hydrogen) atoms. The molecule has 1 fully saturated rings. The molecular formula is C19H18N6O6S. The zero-order valence-electron chi connectivity index (χ0n) is 16.6. The maximum atomic E-state index is 13.2. The van der Waals surface area contributed by atoms with Gasteiger partial charge in [0.25, 0.3) is 26.6 Å². The van der Waals surface area contributed by atoms with E-state index in [0.29, 0.717) is 18.4 Å². The van der Waals surface area contributed by atoms with Crippen molar-refractivity contribution in [3.8, 4) is 0 Å². The van der Waals surface area contributed by atoms with E-state index in [-0.39, 0.29) is 36.1 Å². The number of para-hydroxylation sites is 2. The molecule has 12 nitrogen and oxygen atoms in total. The zero-order valence-corrected chi connectivity index (χ0v) is 17.5. The van der Waals surface area contributed by atoms with Crippen LogP contribution in [0.1, 0.15) is 24.0 Å². The molecule has 0 radical (unpaired) electrons. The molecule has 0 unspecified atom stereocenters. The minimum atomic E-state index is -4.14. The monoisotopic (exact) mass is 458 g/mol. The van der Waals surface area contributed by atoms with Crippen molar-refractivity contribution in [2.75, 3.05) is 0 Å². The molecule has 166 valence electrons. The molecule has 1 saturated carbocycles. The fourth-order valence-electron chi connectivity index (χ4n) is 3.34. The van der Waals surface area contributed by atoms with Gasteiger partial charge in [0.05, 0.1) is 22.0 Å². The minimum Gasteiger partial charge on any atom is -0.258 e. The maximum Gasteiger partial charge on any atom is 0.282 e. The van der Waals surface area contributed by atoms with Crippen LogP contribution in [0.25, 0.3) is 0 Å². The number of sulfonamides is 1. The van der Waals surface area contributed by atoms with Crippen LogP contribution in [0.15, 0.2) is 60.0 Å². The van der Waals surface area contributed by atoms with Crippen LogP contribution in [0.4, 0.5) is 11.4 Å². The first kappa shape index (κ1) is 21.5. The van der Waals surface area contributed by atoms with Crippen molar-refractivity contribution in [3.63, 3.8) is 0 Å². The highest BCUT2D eigenvalue weighted by Gasteiger charge is 2.41. The van der Waals surface area contributed by atoms with Gasteiger partial charge in [0.15, 0.2) is 0 Å². The summed E-state index contributed by atoms with van der Waals surface area (Å²) in [5.41, 5.74) is 0.351. The Morgan fingerprint density at radius 2 is 1.53 bits per heavy atom. The fraction of sp³-hybridized carbons (Fsp3) is 0.263. The summed E-state index contributed by atoms with van der Waals surface area (Å²) in [6, 6.07) is 11.8. The van der Waals surface area contributed by atoms with Crippen molar-refractivity contribution in [1.29, 1.82) is 0 Å². The second-order valence-corrected chi connectivity index (χ2v) is 9.06. The van der Waals surface area contributed by atoms with Gasteiger partial charge in [0.2, 0.25) is 0 Å². The molecule has 3 aromatic rings. The summed E-state index contributed by atoms with van der Waals surface area (Å²) in [4.78, 5) is 25.4. The highest BCUT2D eigenvalue weighted by atomic mass is 32.2. The summed E-state index contributed by atoms with van der Waals surface area (Å²) in [5, 5.41) is 26.1. The Balaban J connectivity index is 1.61. The van der Waals surface area contributed by atoms with Gasteiger partial charge in [-0.1, -0.05) is 36.4 Å². The predicted octanol–water partition coefficient (Wildman–Crippen LogP) is 2.50. The topological polar surface area (TPSA) is 154 Å². The van der Waals surface area contributed by atoms with Gasteiger partial charge in [-0.25, -0.2) is 18.1 Å². The lowest BCUT2D eigenvalue weighted by Gasteiger charge is -2.20. The molecule has 0 saturated heterocycles. The van der Waals surface area contributed by atoms with E-state index >= 15 is 0 Å². The Morgan fingerprint density at radius 1 is 0.969 bits per heavy atom. The first-order valence-electron chi connectivity index (χ1n) is 9.63. The Kier molecular flexibility index (Phi) is 5.67. The number of hydrogen-bond donors (Lipinski definition) is 0. The molecule has 1 aromatic heterocycles. The largest absolute Gasteiger partial charge is 0.282 e. The number of rotatable bonds is 9. The predicted molar refractivity (Wildman–Crippen MR) is 111 cm³/mol. The van der Waals surface area contributed by atoms with Gasteiger partial charge < -0.3 is 0 Å². The highest BCUT2D eigenvalue weighted by molar-refractivity contribution is 7.89. The van der Waals surface area contributed by atoms with E-state index in [2.05, 4.69) is 10.1 Å². The third-order valence-electron chi connectivity index (χ3n) is 5.04. The van der Waals surface area contributed by atoms with Crippen molar-refractivity contribution in [2.45, 2.75) is 37.1 Å². The summed E-state index contributed by atoms with van der Waals surface area (Å²) in [5.74, 6) is 0. The molecule has 0 amide bonds. The first-order chi connectivity index (χ1) is 15.3. The van der Waals surface area contributed by atoms with Gasteiger partial charge >= 0.3 is 0 Å². The van der Waals surface area contributed by atoms with Crippen molar-refractivity contribution in [3.05, 3.63) is 86.2 Å². The van der Waals surface area contributed by atoms with E-state index in [1.807, 2.05) is 0 Å². The lowest BCUT2D eigenvalue weighted by Crippen LogP contribution is -2.33. The van der Waals surface area contributed by atoms with Crippen LogP contribution in [0.2, 0.25) is 0 Å². The number of benzene rings is 2. The molecule has 0 bridgehead atoms. The molecular weight excluding hydrogens is 440 g/mol. The number of nitro benzene ring substituents is 2. The van der Waals surface area contributed by atoms with Crippen molar-refractivity contribution in [1.82, 2.24) is 19.1 Å². The van der Waals surface area contributed by atoms with Crippen LogP contribution in [-0.4, -0.2) is 43.4 Å². The Bertz CT molecular complexity index is 1290. The number of hydrogen-bond acceptors (Lipinski definition) is 8. The van der Waals surface area contributed by atoms with Crippen LogP contribution in [0.5, 0.6) is 0 Å². The SMILES string of the molecule is O=[N+]([O-])c1ccccc1CN(C1CC1)S(=O)(=O)c1ncn(Cc2ccccc2[N+](=O)[O-])n1. The van der Waals surface area contributed by atoms with Gasteiger partial charge in [0.1, 0.15) is 6.33 Å². The Labute approximate surface area is 182 Å². The van der Waals surface area contributed by atoms with Crippen molar-refractivity contribution >= 4 is 21.4 Å². The van der Waals surface area contributed by atoms with Gasteiger partial charge in [-0.05, 0) is 12.8 Å². The van der Waals surface area contributed by atoms with Crippen molar-refractivity contribution < 1.29 is 18.3 Å². The van der Waals surface area contributed by atoms with Crippen LogP contribution >= 0.6 is 0 Å². The van der Waals surface area contributed by atoms with E-state index < -0.39 is 25.0 Å². The van der Waals surface area contributed by atoms with Crippen molar-refractivity contribution in [2.24, 2.45) is 0 Å². The molecule has 0 spiro atoms. The third kappa shape index (κ3) is 4.33. The zero-order chi connectivity index (χ0) is 22.9. The van der Waals surface area contributed by atoms with Crippen LogP contribution < -0.4 is 0 Å². The van der Waals surface area contributed by atoms with Gasteiger partial charge in [0, 0.05) is 30.3 Å². The smallest absolute Gasteiger partial charge is 0.258 e. The quantitative estimate of drug-likeness (QED) is 0.350. The summed E-state index contributed by atoms with van der Waals surface area (Å²) < 4.78 is 28.9. The lowest BCUT2D eigenvalue weighted by molar-refractivity contribution is -0.385. The maximum absolute atomic E-state index is 13.2. The molecule has 0 atom stereocenters. The van der Waals surface area contributed by atoms with E-state index in [1.165, 1.54) is 45.6 Å². The molecule has 0 aliphatic heterocycles. The van der Waals surface area contributed by atoms with Crippen LogP contribution in [0, 0.1) is 20.2 Å². The standard InChI is InChI=1S/C19H18N6O6S/c26-24(27)17-7-3-1-5-14(17)11-22-13-20-19(21-22)32(30,31)23(16-9-10-16)12-15-6-2-4-8-18(15)25(28)29/h1-8,13,16H,9-12H2. The van der Waals surface area contributed by atoms with E-state index in [9.17, 15) is 28.6 Å². The van der Waals surface area contributed by atoms with E-state index in [1.54, 1.807) is 18.2 Å². The second-order valence-electron chi connectivity index (χ2n) is 7.28. The van der Waals surface area contributed by atoms with Crippen LogP contribution in [-0.2, 0) is 23.1 Å². The normalized spacial score (nSPS) is 13.9. The first-order valence-corrected chi connectivity index (χ1v) is 11.1. The van der Waals surface area contributed by atoms with Gasteiger partial charge in [-0.15, -0.1) is 5.10 Å². The molecule has 1 heterocycles.